The molecule has 0 aromatic carbocycles. The standard InChI is InChI=1S/C12H16BrNO3S/c1-12(2)16-7-9(17-12)6-15-8-4-10(13)14-11(5-8)18-3/h4-5,9H,6-7H2,1-3H3. The molecule has 1 atom stereocenters. The van der Waals surface area contributed by atoms with Gasteiger partial charge in [0.05, 0.1) is 6.61 Å². The lowest BCUT2D eigenvalue weighted by molar-refractivity contribution is -0.141. The highest BCUT2D eigenvalue weighted by molar-refractivity contribution is 9.10. The summed E-state index contributed by atoms with van der Waals surface area (Å²) in [6, 6.07) is 3.76. The lowest BCUT2D eigenvalue weighted by Crippen LogP contribution is -2.25. The van der Waals surface area contributed by atoms with E-state index in [0.29, 0.717) is 13.2 Å². The SMILES string of the molecule is CSc1cc(OCC2COC(C)(C)O2)cc(Br)n1. The molecule has 1 aliphatic rings. The molecule has 0 spiro atoms. The minimum Gasteiger partial charge on any atom is -0.491 e. The van der Waals surface area contributed by atoms with E-state index in [1.165, 1.54) is 0 Å². The maximum absolute atomic E-state index is 5.72. The van der Waals surface area contributed by atoms with Crippen LogP contribution in [0.25, 0.3) is 0 Å². The molecule has 1 aromatic heterocycles. The van der Waals surface area contributed by atoms with Gasteiger partial charge < -0.3 is 14.2 Å². The number of halogens is 1. The Hall–Kier alpha value is -0.300. The van der Waals surface area contributed by atoms with Crippen molar-refractivity contribution in [1.29, 1.82) is 0 Å². The fourth-order valence-electron chi connectivity index (χ4n) is 1.67. The predicted molar refractivity (Wildman–Crippen MR) is 74.1 cm³/mol. The summed E-state index contributed by atoms with van der Waals surface area (Å²) in [5, 5.41) is 0.920. The van der Waals surface area contributed by atoms with E-state index in [1.807, 2.05) is 32.2 Å². The van der Waals surface area contributed by atoms with Crippen molar-refractivity contribution in [3.8, 4) is 5.75 Å². The molecule has 6 heteroatoms. The van der Waals surface area contributed by atoms with E-state index in [4.69, 9.17) is 14.2 Å². The van der Waals surface area contributed by atoms with E-state index in [-0.39, 0.29) is 6.10 Å². The first-order valence-electron chi connectivity index (χ1n) is 5.65. The third-order valence-electron chi connectivity index (χ3n) is 2.46. The fraction of sp³-hybridized carbons (Fsp3) is 0.583. The molecule has 1 saturated heterocycles. The molecule has 100 valence electrons. The number of thioether (sulfide) groups is 1. The van der Waals surface area contributed by atoms with Gasteiger partial charge in [0.2, 0.25) is 0 Å². The van der Waals surface area contributed by atoms with Crippen LogP contribution < -0.4 is 4.74 Å². The number of pyridine rings is 1. The van der Waals surface area contributed by atoms with Crippen LogP contribution in [-0.4, -0.2) is 36.3 Å². The van der Waals surface area contributed by atoms with Crippen molar-refractivity contribution >= 4 is 27.7 Å². The van der Waals surface area contributed by atoms with Gasteiger partial charge in [-0.3, -0.25) is 0 Å². The fourth-order valence-corrected chi connectivity index (χ4v) is 2.63. The van der Waals surface area contributed by atoms with Crippen molar-refractivity contribution in [2.24, 2.45) is 0 Å². The Balaban J connectivity index is 1.92. The Labute approximate surface area is 120 Å². The van der Waals surface area contributed by atoms with Crippen LogP contribution in [0.3, 0.4) is 0 Å². The Morgan fingerprint density at radius 2 is 2.33 bits per heavy atom. The summed E-state index contributed by atoms with van der Waals surface area (Å²) in [6.45, 7) is 4.85. The average molecular weight is 334 g/mol. The quantitative estimate of drug-likeness (QED) is 0.625. The van der Waals surface area contributed by atoms with E-state index in [9.17, 15) is 0 Å². The van der Waals surface area contributed by atoms with Crippen molar-refractivity contribution in [3.63, 3.8) is 0 Å². The zero-order valence-corrected chi connectivity index (χ0v) is 13.0. The number of aromatic nitrogens is 1. The van der Waals surface area contributed by atoms with Crippen molar-refractivity contribution in [2.45, 2.75) is 30.8 Å². The Morgan fingerprint density at radius 3 is 2.94 bits per heavy atom. The van der Waals surface area contributed by atoms with Gasteiger partial charge in [-0.15, -0.1) is 11.8 Å². The molecule has 0 bridgehead atoms. The molecule has 18 heavy (non-hydrogen) atoms. The summed E-state index contributed by atoms with van der Waals surface area (Å²) in [5.41, 5.74) is 0. The van der Waals surface area contributed by atoms with Crippen LogP contribution >= 0.6 is 27.7 Å². The van der Waals surface area contributed by atoms with Gasteiger partial charge in [0.25, 0.3) is 0 Å². The highest BCUT2D eigenvalue weighted by atomic mass is 79.9. The first kappa shape index (κ1) is 14.1. The zero-order chi connectivity index (χ0) is 13.2. The first-order chi connectivity index (χ1) is 8.48. The molecule has 1 aromatic rings. The second kappa shape index (κ2) is 5.77. The van der Waals surface area contributed by atoms with Gasteiger partial charge in [-0.05, 0) is 36.0 Å². The Bertz CT molecular complexity index is 428. The molecule has 2 heterocycles. The van der Waals surface area contributed by atoms with E-state index in [0.717, 1.165) is 15.4 Å². The van der Waals surface area contributed by atoms with Gasteiger partial charge in [-0.1, -0.05) is 0 Å². The van der Waals surface area contributed by atoms with Crippen LogP contribution in [0, 0.1) is 0 Å². The number of nitrogens with zero attached hydrogens (tertiary/aromatic N) is 1. The van der Waals surface area contributed by atoms with Gasteiger partial charge in [0, 0.05) is 12.1 Å². The number of hydrogen-bond acceptors (Lipinski definition) is 5. The molecule has 1 unspecified atom stereocenters. The smallest absolute Gasteiger partial charge is 0.163 e. The van der Waals surface area contributed by atoms with Gasteiger partial charge in [0.15, 0.2) is 5.79 Å². The Morgan fingerprint density at radius 1 is 1.56 bits per heavy atom. The summed E-state index contributed by atoms with van der Waals surface area (Å²) in [7, 11) is 0. The predicted octanol–water partition coefficient (Wildman–Crippen LogP) is 3.10. The molecular weight excluding hydrogens is 318 g/mol. The zero-order valence-electron chi connectivity index (χ0n) is 10.6. The summed E-state index contributed by atoms with van der Waals surface area (Å²) >= 11 is 4.94. The van der Waals surface area contributed by atoms with Crippen LogP contribution in [0.1, 0.15) is 13.8 Å². The molecule has 0 saturated carbocycles. The van der Waals surface area contributed by atoms with Crippen molar-refractivity contribution in [3.05, 3.63) is 16.7 Å². The van der Waals surface area contributed by atoms with Gasteiger partial charge in [0.1, 0.15) is 28.1 Å². The normalized spacial score (nSPS) is 22.1. The summed E-state index contributed by atoms with van der Waals surface area (Å²) in [6.07, 6.45) is 1.96. The Kier molecular flexibility index (Phi) is 4.53. The van der Waals surface area contributed by atoms with Crippen LogP contribution in [0.15, 0.2) is 21.8 Å². The lowest BCUT2D eigenvalue weighted by Gasteiger charge is -2.17. The van der Waals surface area contributed by atoms with Crippen LogP contribution in [-0.2, 0) is 9.47 Å². The minimum atomic E-state index is -0.503. The minimum absolute atomic E-state index is 0.0235. The third kappa shape index (κ3) is 3.85. The van der Waals surface area contributed by atoms with Gasteiger partial charge in [-0.25, -0.2) is 4.98 Å². The lowest BCUT2D eigenvalue weighted by atomic mass is 10.4. The second-order valence-electron chi connectivity index (χ2n) is 4.43. The molecule has 0 radical (unpaired) electrons. The molecule has 4 nitrogen and oxygen atoms in total. The van der Waals surface area contributed by atoms with Crippen LogP contribution in [0.5, 0.6) is 5.75 Å². The van der Waals surface area contributed by atoms with Crippen molar-refractivity contribution in [1.82, 2.24) is 4.98 Å². The molecule has 2 rings (SSSR count). The van der Waals surface area contributed by atoms with Crippen LogP contribution in [0.4, 0.5) is 0 Å². The maximum atomic E-state index is 5.72. The number of hydrogen-bond donors (Lipinski definition) is 0. The van der Waals surface area contributed by atoms with E-state index in [1.54, 1.807) is 11.8 Å². The van der Waals surface area contributed by atoms with Crippen LogP contribution in [0.2, 0.25) is 0 Å². The summed E-state index contributed by atoms with van der Waals surface area (Å²) < 4.78 is 17.6. The monoisotopic (exact) mass is 333 g/mol. The first-order valence-corrected chi connectivity index (χ1v) is 7.66. The van der Waals surface area contributed by atoms with Crippen molar-refractivity contribution < 1.29 is 14.2 Å². The van der Waals surface area contributed by atoms with Gasteiger partial charge >= 0.3 is 0 Å². The summed E-state index contributed by atoms with van der Waals surface area (Å²) in [5.74, 6) is 0.284. The highest BCUT2D eigenvalue weighted by Crippen LogP contribution is 2.26. The maximum Gasteiger partial charge on any atom is 0.163 e. The topological polar surface area (TPSA) is 40.6 Å². The second-order valence-corrected chi connectivity index (χ2v) is 6.07. The van der Waals surface area contributed by atoms with Gasteiger partial charge in [-0.2, -0.15) is 0 Å². The molecular formula is C12H16BrNO3S. The molecule has 1 fully saturated rings. The largest absolute Gasteiger partial charge is 0.491 e. The van der Waals surface area contributed by atoms with E-state index < -0.39 is 5.79 Å². The highest BCUT2D eigenvalue weighted by Gasteiger charge is 2.32. The molecule has 1 aliphatic heterocycles. The molecule has 0 N–H and O–H groups in total. The van der Waals surface area contributed by atoms with Crippen molar-refractivity contribution in [2.75, 3.05) is 19.5 Å². The molecule has 0 aliphatic carbocycles. The van der Waals surface area contributed by atoms with E-state index in [2.05, 4.69) is 20.9 Å². The average Bonchev–Trinajstić information content (AvgIpc) is 2.65. The number of ether oxygens (including phenoxy) is 3. The van der Waals surface area contributed by atoms with E-state index >= 15 is 0 Å². The molecule has 0 amide bonds. The summed E-state index contributed by atoms with van der Waals surface area (Å²) in [4.78, 5) is 4.30. The number of rotatable bonds is 4. The third-order valence-corrected chi connectivity index (χ3v) is 3.49.